The first-order valence-corrected chi connectivity index (χ1v) is 10.00. The van der Waals surface area contributed by atoms with E-state index in [9.17, 15) is 9.59 Å². The van der Waals surface area contributed by atoms with E-state index >= 15 is 0 Å². The molecule has 4 rings (SSSR count). The number of fused-ring (bicyclic) bond motifs is 2. The van der Waals surface area contributed by atoms with Crippen molar-refractivity contribution in [3.8, 4) is 0 Å². The standard InChI is InChI=1S/C23H24N2O4/c1-15(17-11-10-16-6-2-3-7-18(16)12-17)24-22(26)14-28-23(27)13-20-19-8-4-5-9-21(19)29-25-20/h4-5,8-12,15H,2-3,6-7,13-14H2,1H3,(H,24,26). The average Bonchev–Trinajstić information content (AvgIpc) is 3.14. The van der Waals surface area contributed by atoms with Crippen LogP contribution in [0, 0.1) is 0 Å². The minimum Gasteiger partial charge on any atom is -0.455 e. The molecule has 0 bridgehead atoms. The third-order valence-electron chi connectivity index (χ3n) is 5.38. The van der Waals surface area contributed by atoms with Gasteiger partial charge in [0, 0.05) is 5.39 Å². The minimum atomic E-state index is -0.513. The first-order chi connectivity index (χ1) is 14.1. The van der Waals surface area contributed by atoms with Crippen molar-refractivity contribution in [3.05, 3.63) is 64.8 Å². The van der Waals surface area contributed by atoms with Gasteiger partial charge in [-0.3, -0.25) is 9.59 Å². The zero-order chi connectivity index (χ0) is 20.2. The van der Waals surface area contributed by atoms with Crippen molar-refractivity contribution in [2.45, 2.75) is 45.1 Å². The van der Waals surface area contributed by atoms with Gasteiger partial charge in [0.1, 0.15) is 5.69 Å². The molecule has 0 fully saturated rings. The second-order valence-electron chi connectivity index (χ2n) is 7.49. The Labute approximate surface area is 169 Å². The van der Waals surface area contributed by atoms with Crippen LogP contribution in [-0.4, -0.2) is 23.6 Å². The van der Waals surface area contributed by atoms with Gasteiger partial charge in [0.25, 0.3) is 5.91 Å². The lowest BCUT2D eigenvalue weighted by Crippen LogP contribution is -2.31. The number of hydrogen-bond acceptors (Lipinski definition) is 5. The molecule has 1 N–H and O–H groups in total. The molecule has 0 spiro atoms. The number of hydrogen-bond donors (Lipinski definition) is 1. The summed E-state index contributed by atoms with van der Waals surface area (Å²) in [5.74, 6) is -0.839. The van der Waals surface area contributed by atoms with Gasteiger partial charge >= 0.3 is 5.97 Å². The van der Waals surface area contributed by atoms with Gasteiger partial charge < -0.3 is 14.6 Å². The molecular formula is C23H24N2O4. The largest absolute Gasteiger partial charge is 0.455 e. The van der Waals surface area contributed by atoms with E-state index in [-0.39, 0.29) is 25.0 Å². The molecule has 1 aliphatic rings. The van der Waals surface area contributed by atoms with Crippen LogP contribution < -0.4 is 5.32 Å². The molecule has 0 radical (unpaired) electrons. The number of amides is 1. The van der Waals surface area contributed by atoms with E-state index < -0.39 is 5.97 Å². The Morgan fingerprint density at radius 1 is 1.14 bits per heavy atom. The lowest BCUT2D eigenvalue weighted by molar-refractivity contribution is -0.148. The number of ether oxygens (including phenoxy) is 1. The number of nitrogens with one attached hydrogen (secondary N) is 1. The van der Waals surface area contributed by atoms with Crippen LogP contribution in [0.4, 0.5) is 0 Å². The molecule has 0 saturated carbocycles. The predicted octanol–water partition coefficient (Wildman–Crippen LogP) is 3.67. The zero-order valence-corrected chi connectivity index (χ0v) is 16.4. The summed E-state index contributed by atoms with van der Waals surface area (Å²) in [5.41, 5.74) is 4.98. The number of rotatable bonds is 6. The van der Waals surface area contributed by atoms with E-state index in [0.717, 1.165) is 23.8 Å². The van der Waals surface area contributed by atoms with Crippen LogP contribution in [0.3, 0.4) is 0 Å². The van der Waals surface area contributed by atoms with Gasteiger partial charge in [-0.05, 0) is 61.4 Å². The molecular weight excluding hydrogens is 368 g/mol. The Hall–Kier alpha value is -3.15. The summed E-state index contributed by atoms with van der Waals surface area (Å²) in [6, 6.07) is 13.6. The summed E-state index contributed by atoms with van der Waals surface area (Å²) >= 11 is 0. The lowest BCUT2D eigenvalue weighted by atomic mass is 9.89. The quantitative estimate of drug-likeness (QED) is 0.648. The van der Waals surface area contributed by atoms with Crippen molar-refractivity contribution in [2.24, 2.45) is 0 Å². The number of aryl methyl sites for hydroxylation is 2. The van der Waals surface area contributed by atoms with Crippen LogP contribution in [0.2, 0.25) is 0 Å². The maximum atomic E-state index is 12.2. The molecule has 1 aromatic heterocycles. The van der Waals surface area contributed by atoms with Crippen molar-refractivity contribution >= 4 is 22.8 Å². The molecule has 0 saturated heterocycles. The molecule has 29 heavy (non-hydrogen) atoms. The third-order valence-corrected chi connectivity index (χ3v) is 5.38. The highest BCUT2D eigenvalue weighted by atomic mass is 16.5. The third kappa shape index (κ3) is 4.47. The monoisotopic (exact) mass is 392 g/mol. The number of carbonyl (C=O) groups is 2. The molecule has 1 amide bonds. The van der Waals surface area contributed by atoms with E-state index in [1.165, 1.54) is 24.0 Å². The smallest absolute Gasteiger partial charge is 0.312 e. The highest BCUT2D eigenvalue weighted by Gasteiger charge is 2.17. The average molecular weight is 392 g/mol. The fourth-order valence-electron chi connectivity index (χ4n) is 3.79. The number of esters is 1. The zero-order valence-electron chi connectivity index (χ0n) is 16.4. The minimum absolute atomic E-state index is 0.0370. The highest BCUT2D eigenvalue weighted by molar-refractivity contribution is 5.85. The molecule has 6 nitrogen and oxygen atoms in total. The van der Waals surface area contributed by atoms with Crippen LogP contribution in [0.5, 0.6) is 0 Å². The first-order valence-electron chi connectivity index (χ1n) is 10.00. The molecule has 1 heterocycles. The molecule has 6 heteroatoms. The highest BCUT2D eigenvalue weighted by Crippen LogP contribution is 2.24. The Morgan fingerprint density at radius 3 is 2.79 bits per heavy atom. The maximum Gasteiger partial charge on any atom is 0.312 e. The fourth-order valence-corrected chi connectivity index (χ4v) is 3.79. The Kier molecular flexibility index (Phi) is 5.60. The van der Waals surface area contributed by atoms with Gasteiger partial charge in [-0.2, -0.15) is 0 Å². The molecule has 1 atom stereocenters. The van der Waals surface area contributed by atoms with Gasteiger partial charge in [0.2, 0.25) is 0 Å². The molecule has 3 aromatic rings. The SMILES string of the molecule is CC(NC(=O)COC(=O)Cc1noc2ccccc12)c1ccc2c(c1)CCCC2. The Bertz CT molecular complexity index is 1040. The molecule has 0 aliphatic heterocycles. The van der Waals surface area contributed by atoms with E-state index in [1.807, 2.05) is 25.1 Å². The summed E-state index contributed by atoms with van der Waals surface area (Å²) in [7, 11) is 0. The number of aromatic nitrogens is 1. The topological polar surface area (TPSA) is 81.4 Å². The molecule has 1 aliphatic carbocycles. The van der Waals surface area contributed by atoms with E-state index in [0.29, 0.717) is 11.3 Å². The van der Waals surface area contributed by atoms with Crippen molar-refractivity contribution in [1.29, 1.82) is 0 Å². The summed E-state index contributed by atoms with van der Waals surface area (Å²) in [6.07, 6.45) is 4.65. The van der Waals surface area contributed by atoms with Crippen molar-refractivity contribution < 1.29 is 18.8 Å². The second kappa shape index (κ2) is 8.47. The van der Waals surface area contributed by atoms with Gasteiger partial charge in [-0.25, -0.2) is 0 Å². The second-order valence-corrected chi connectivity index (χ2v) is 7.49. The Morgan fingerprint density at radius 2 is 1.93 bits per heavy atom. The Balaban J connectivity index is 1.28. The van der Waals surface area contributed by atoms with E-state index in [1.54, 1.807) is 6.07 Å². The van der Waals surface area contributed by atoms with Crippen molar-refractivity contribution in [2.75, 3.05) is 6.61 Å². The predicted molar refractivity (Wildman–Crippen MR) is 108 cm³/mol. The van der Waals surface area contributed by atoms with Gasteiger partial charge in [0.05, 0.1) is 12.5 Å². The van der Waals surface area contributed by atoms with Crippen molar-refractivity contribution in [1.82, 2.24) is 10.5 Å². The fraction of sp³-hybridized carbons (Fsp3) is 0.348. The molecule has 2 aromatic carbocycles. The number of para-hydroxylation sites is 1. The maximum absolute atomic E-state index is 12.2. The number of carbonyl (C=O) groups excluding carboxylic acids is 2. The first kappa shape index (κ1) is 19.2. The van der Waals surface area contributed by atoms with E-state index in [2.05, 4.69) is 28.7 Å². The van der Waals surface area contributed by atoms with E-state index in [4.69, 9.17) is 9.26 Å². The van der Waals surface area contributed by atoms with Crippen LogP contribution in [0.15, 0.2) is 47.0 Å². The van der Waals surface area contributed by atoms with Crippen molar-refractivity contribution in [3.63, 3.8) is 0 Å². The number of nitrogens with zero attached hydrogens (tertiary/aromatic N) is 1. The number of benzene rings is 2. The normalized spacial score (nSPS) is 14.2. The molecule has 150 valence electrons. The van der Waals surface area contributed by atoms with Gasteiger partial charge in [0.15, 0.2) is 12.2 Å². The molecule has 1 unspecified atom stereocenters. The van der Waals surface area contributed by atoms with Crippen LogP contribution in [0.25, 0.3) is 11.0 Å². The summed E-state index contributed by atoms with van der Waals surface area (Å²) in [4.78, 5) is 24.3. The lowest BCUT2D eigenvalue weighted by Gasteiger charge is -2.20. The summed E-state index contributed by atoms with van der Waals surface area (Å²) in [6.45, 7) is 1.62. The van der Waals surface area contributed by atoms with Crippen LogP contribution >= 0.6 is 0 Å². The van der Waals surface area contributed by atoms with Crippen LogP contribution in [-0.2, 0) is 33.6 Å². The summed E-state index contributed by atoms with van der Waals surface area (Å²) < 4.78 is 10.3. The van der Waals surface area contributed by atoms with Crippen LogP contribution in [0.1, 0.15) is 48.2 Å². The summed E-state index contributed by atoms with van der Waals surface area (Å²) in [5, 5.41) is 7.58. The van der Waals surface area contributed by atoms with Gasteiger partial charge in [-0.15, -0.1) is 0 Å². The van der Waals surface area contributed by atoms with Gasteiger partial charge in [-0.1, -0.05) is 35.5 Å².